The number of aromatic nitrogens is 2. The van der Waals surface area contributed by atoms with Crippen molar-refractivity contribution < 1.29 is 0 Å². The first-order chi connectivity index (χ1) is 10.2. The van der Waals surface area contributed by atoms with Crippen molar-refractivity contribution in [3.8, 4) is 11.3 Å². The summed E-state index contributed by atoms with van der Waals surface area (Å²) in [5.74, 6) is 0.573. The fraction of sp³-hybridized carbons (Fsp3) is 0.0588. The van der Waals surface area contributed by atoms with Crippen LogP contribution in [0, 0.1) is 0 Å². The highest BCUT2D eigenvalue weighted by molar-refractivity contribution is 5.63. The Morgan fingerprint density at radius 1 is 0.762 bits per heavy atom. The standard InChI is InChI=1S/C17H16N4/c18-16-11-15(20-17(19)21-16)14-8-6-13(7-9-14)10-12-4-2-1-3-5-12/h1-9,11H,10H2,(H4,18,19,20,21). The van der Waals surface area contributed by atoms with Gasteiger partial charge in [0.05, 0.1) is 5.69 Å². The lowest BCUT2D eigenvalue weighted by Crippen LogP contribution is -2.00. The summed E-state index contributed by atoms with van der Waals surface area (Å²) in [6.45, 7) is 0. The summed E-state index contributed by atoms with van der Waals surface area (Å²) in [5, 5.41) is 0. The minimum atomic E-state index is 0.193. The van der Waals surface area contributed by atoms with Gasteiger partial charge < -0.3 is 11.5 Å². The van der Waals surface area contributed by atoms with E-state index in [0.717, 1.165) is 17.7 Å². The molecule has 104 valence electrons. The van der Waals surface area contributed by atoms with E-state index in [1.165, 1.54) is 11.1 Å². The molecule has 21 heavy (non-hydrogen) atoms. The number of nitrogens with zero attached hydrogens (tertiary/aromatic N) is 2. The van der Waals surface area contributed by atoms with Gasteiger partial charge in [-0.1, -0.05) is 54.6 Å². The van der Waals surface area contributed by atoms with Gasteiger partial charge in [-0.25, -0.2) is 4.98 Å². The lowest BCUT2D eigenvalue weighted by atomic mass is 10.0. The molecule has 2 aromatic carbocycles. The second-order valence-electron chi connectivity index (χ2n) is 4.90. The van der Waals surface area contributed by atoms with Gasteiger partial charge in [0.25, 0.3) is 0 Å². The average molecular weight is 276 g/mol. The third-order valence-corrected chi connectivity index (χ3v) is 3.26. The molecule has 4 nitrogen and oxygen atoms in total. The second kappa shape index (κ2) is 5.63. The zero-order valence-electron chi connectivity index (χ0n) is 11.5. The van der Waals surface area contributed by atoms with Gasteiger partial charge in [-0.3, -0.25) is 0 Å². The minimum absolute atomic E-state index is 0.193. The van der Waals surface area contributed by atoms with Crippen molar-refractivity contribution >= 4 is 11.8 Å². The van der Waals surface area contributed by atoms with Crippen molar-refractivity contribution in [1.29, 1.82) is 0 Å². The van der Waals surface area contributed by atoms with Crippen LogP contribution in [0.5, 0.6) is 0 Å². The molecule has 4 N–H and O–H groups in total. The molecule has 0 fully saturated rings. The van der Waals surface area contributed by atoms with Gasteiger partial charge >= 0.3 is 0 Å². The number of hydrogen-bond donors (Lipinski definition) is 2. The van der Waals surface area contributed by atoms with Gasteiger partial charge in [-0.05, 0) is 17.5 Å². The van der Waals surface area contributed by atoms with Gasteiger partial charge in [0, 0.05) is 11.6 Å². The average Bonchev–Trinajstić information content (AvgIpc) is 2.48. The summed E-state index contributed by atoms with van der Waals surface area (Å²) in [5.41, 5.74) is 15.6. The maximum Gasteiger partial charge on any atom is 0.222 e. The van der Waals surface area contributed by atoms with Gasteiger partial charge in [0.2, 0.25) is 5.95 Å². The quantitative estimate of drug-likeness (QED) is 0.771. The highest BCUT2D eigenvalue weighted by Crippen LogP contribution is 2.21. The van der Waals surface area contributed by atoms with E-state index in [0.29, 0.717) is 5.82 Å². The van der Waals surface area contributed by atoms with Crippen LogP contribution in [0.25, 0.3) is 11.3 Å². The van der Waals surface area contributed by atoms with Crippen molar-refractivity contribution in [3.05, 3.63) is 71.8 Å². The number of rotatable bonds is 3. The number of nitrogens with two attached hydrogens (primary N) is 2. The largest absolute Gasteiger partial charge is 0.384 e. The van der Waals surface area contributed by atoms with E-state index in [1.807, 2.05) is 18.2 Å². The van der Waals surface area contributed by atoms with Gasteiger partial charge in [-0.2, -0.15) is 4.98 Å². The maximum absolute atomic E-state index is 5.70. The molecule has 0 aliphatic rings. The third kappa shape index (κ3) is 3.17. The molecule has 1 heterocycles. The zero-order chi connectivity index (χ0) is 14.7. The number of nitrogen functional groups attached to an aromatic ring is 2. The topological polar surface area (TPSA) is 77.8 Å². The molecule has 0 bridgehead atoms. The van der Waals surface area contributed by atoms with Gasteiger partial charge in [0.1, 0.15) is 5.82 Å². The molecule has 0 saturated carbocycles. The highest BCUT2D eigenvalue weighted by Gasteiger charge is 2.03. The van der Waals surface area contributed by atoms with Gasteiger partial charge in [0.15, 0.2) is 0 Å². The first-order valence-corrected chi connectivity index (χ1v) is 6.74. The molecule has 0 unspecified atom stereocenters. The lowest BCUT2D eigenvalue weighted by molar-refractivity contribution is 1.18. The van der Waals surface area contributed by atoms with Crippen LogP contribution in [0.4, 0.5) is 11.8 Å². The molecule has 3 aromatic rings. The van der Waals surface area contributed by atoms with E-state index in [4.69, 9.17) is 11.5 Å². The van der Waals surface area contributed by atoms with E-state index >= 15 is 0 Å². The Morgan fingerprint density at radius 3 is 2.10 bits per heavy atom. The van der Waals surface area contributed by atoms with Crippen molar-refractivity contribution in [1.82, 2.24) is 9.97 Å². The Kier molecular flexibility index (Phi) is 3.51. The first-order valence-electron chi connectivity index (χ1n) is 6.74. The van der Waals surface area contributed by atoms with E-state index in [2.05, 4.69) is 46.4 Å². The van der Waals surface area contributed by atoms with Crippen LogP contribution in [0.1, 0.15) is 11.1 Å². The molecule has 0 aliphatic heterocycles. The Morgan fingerprint density at radius 2 is 1.43 bits per heavy atom. The molecule has 0 aliphatic carbocycles. The molecule has 4 heteroatoms. The second-order valence-corrected chi connectivity index (χ2v) is 4.90. The van der Waals surface area contributed by atoms with Crippen LogP contribution >= 0.6 is 0 Å². The maximum atomic E-state index is 5.70. The van der Waals surface area contributed by atoms with E-state index in [-0.39, 0.29) is 5.95 Å². The summed E-state index contributed by atoms with van der Waals surface area (Å²) >= 11 is 0. The van der Waals surface area contributed by atoms with Crippen LogP contribution in [-0.4, -0.2) is 9.97 Å². The molecule has 0 amide bonds. The Hall–Kier alpha value is -2.88. The SMILES string of the molecule is Nc1cc(-c2ccc(Cc3ccccc3)cc2)nc(N)n1. The van der Waals surface area contributed by atoms with Crippen molar-refractivity contribution in [2.45, 2.75) is 6.42 Å². The molecule has 0 spiro atoms. The number of benzene rings is 2. The van der Waals surface area contributed by atoms with Crippen LogP contribution in [0.15, 0.2) is 60.7 Å². The molecular formula is C17H16N4. The normalized spacial score (nSPS) is 10.5. The number of hydrogen-bond acceptors (Lipinski definition) is 4. The van der Waals surface area contributed by atoms with Gasteiger partial charge in [-0.15, -0.1) is 0 Å². The fourth-order valence-electron chi connectivity index (χ4n) is 2.26. The third-order valence-electron chi connectivity index (χ3n) is 3.26. The number of anilines is 2. The summed E-state index contributed by atoms with van der Waals surface area (Å²) < 4.78 is 0. The monoisotopic (exact) mass is 276 g/mol. The van der Waals surface area contributed by atoms with Crippen LogP contribution in [0.3, 0.4) is 0 Å². The summed E-state index contributed by atoms with van der Waals surface area (Å²) in [6, 6.07) is 20.3. The van der Waals surface area contributed by atoms with Crippen LogP contribution < -0.4 is 11.5 Å². The molecule has 3 rings (SSSR count). The molecule has 0 radical (unpaired) electrons. The van der Waals surface area contributed by atoms with E-state index in [1.54, 1.807) is 6.07 Å². The summed E-state index contributed by atoms with van der Waals surface area (Å²) in [4.78, 5) is 8.08. The summed E-state index contributed by atoms with van der Waals surface area (Å²) in [7, 11) is 0. The van der Waals surface area contributed by atoms with Crippen LogP contribution in [0.2, 0.25) is 0 Å². The predicted molar refractivity (Wildman–Crippen MR) is 85.5 cm³/mol. The molecular weight excluding hydrogens is 260 g/mol. The highest BCUT2D eigenvalue weighted by atomic mass is 15.0. The Bertz CT molecular complexity index is 716. The lowest BCUT2D eigenvalue weighted by Gasteiger charge is -2.06. The van der Waals surface area contributed by atoms with Crippen molar-refractivity contribution in [3.63, 3.8) is 0 Å². The minimum Gasteiger partial charge on any atom is -0.384 e. The smallest absolute Gasteiger partial charge is 0.222 e. The van der Waals surface area contributed by atoms with Crippen molar-refractivity contribution in [2.75, 3.05) is 11.5 Å². The van der Waals surface area contributed by atoms with Crippen molar-refractivity contribution in [2.24, 2.45) is 0 Å². The first kappa shape index (κ1) is 13.1. The summed E-state index contributed by atoms with van der Waals surface area (Å²) in [6.07, 6.45) is 0.912. The predicted octanol–water partition coefficient (Wildman–Crippen LogP) is 2.90. The molecule has 1 aromatic heterocycles. The molecule has 0 atom stereocenters. The van der Waals surface area contributed by atoms with E-state index < -0.39 is 0 Å². The Labute approximate surface area is 123 Å². The van der Waals surface area contributed by atoms with E-state index in [9.17, 15) is 0 Å². The Balaban J connectivity index is 1.84. The van der Waals surface area contributed by atoms with Crippen LogP contribution in [-0.2, 0) is 6.42 Å². The fourth-order valence-corrected chi connectivity index (χ4v) is 2.26. The zero-order valence-corrected chi connectivity index (χ0v) is 11.5. The molecule has 0 saturated heterocycles.